The quantitative estimate of drug-likeness (QED) is 0.576. The largest absolute Gasteiger partial charge is 0.367 e. The average molecular weight is 351 g/mol. The van der Waals surface area contributed by atoms with Crippen LogP contribution in [-0.2, 0) is 0 Å². The molecule has 4 heterocycles. The van der Waals surface area contributed by atoms with Gasteiger partial charge in [0.2, 0.25) is 0 Å². The molecule has 4 N–H and O–H groups in total. The van der Waals surface area contributed by atoms with Crippen molar-refractivity contribution >= 4 is 28.4 Å². The number of aryl methyl sites for hydroxylation is 1. The molecule has 0 amide bonds. The Bertz CT molecular complexity index is 894. The molecule has 0 radical (unpaired) electrons. The fourth-order valence-electron chi connectivity index (χ4n) is 3.75. The van der Waals surface area contributed by atoms with Gasteiger partial charge in [0.25, 0.3) is 0 Å². The molecular weight excluding hydrogens is 326 g/mol. The van der Waals surface area contributed by atoms with E-state index in [1.54, 1.807) is 0 Å². The van der Waals surface area contributed by atoms with Gasteiger partial charge in [-0.05, 0) is 45.7 Å². The molecule has 136 valence electrons. The van der Waals surface area contributed by atoms with E-state index >= 15 is 0 Å². The van der Waals surface area contributed by atoms with Gasteiger partial charge in [-0.2, -0.15) is 5.10 Å². The zero-order valence-corrected chi connectivity index (χ0v) is 15.4. The highest BCUT2D eigenvalue weighted by Gasteiger charge is 2.24. The Balaban J connectivity index is 1.65. The van der Waals surface area contributed by atoms with Crippen LogP contribution in [-0.4, -0.2) is 38.3 Å². The molecule has 26 heavy (non-hydrogen) atoms. The molecule has 4 rings (SSSR count). The van der Waals surface area contributed by atoms with Crippen LogP contribution in [0.2, 0.25) is 0 Å². The first-order valence-electron chi connectivity index (χ1n) is 9.14. The fraction of sp³-hybridized carbons (Fsp3) is 0.421. The van der Waals surface area contributed by atoms with E-state index in [1.165, 1.54) is 0 Å². The predicted molar refractivity (Wildman–Crippen MR) is 105 cm³/mol. The van der Waals surface area contributed by atoms with Crippen molar-refractivity contribution in [1.29, 1.82) is 0 Å². The van der Waals surface area contributed by atoms with E-state index in [4.69, 9.17) is 4.98 Å². The number of nitrogens with one attached hydrogen (secondary N) is 4. The van der Waals surface area contributed by atoms with Crippen molar-refractivity contribution in [2.75, 3.05) is 10.6 Å². The third kappa shape index (κ3) is 3.62. The van der Waals surface area contributed by atoms with Gasteiger partial charge in [0, 0.05) is 47.5 Å². The lowest BCUT2D eigenvalue weighted by Crippen LogP contribution is -2.46. The highest BCUT2D eigenvalue weighted by molar-refractivity contribution is 5.91. The zero-order chi connectivity index (χ0) is 18.1. The van der Waals surface area contributed by atoms with E-state index in [0.717, 1.165) is 46.9 Å². The number of H-pyrrole nitrogens is 1. The lowest BCUT2D eigenvalue weighted by Gasteiger charge is -2.33. The second-order valence-electron chi connectivity index (χ2n) is 7.27. The molecule has 7 nitrogen and oxygen atoms in total. The van der Waals surface area contributed by atoms with E-state index in [0.29, 0.717) is 18.1 Å². The Kier molecular flexibility index (Phi) is 4.46. The minimum Gasteiger partial charge on any atom is -0.367 e. The van der Waals surface area contributed by atoms with Crippen molar-refractivity contribution in [1.82, 2.24) is 25.5 Å². The molecule has 0 spiro atoms. The molecule has 0 bridgehead atoms. The Labute approximate surface area is 153 Å². The highest BCUT2D eigenvalue weighted by Crippen LogP contribution is 2.27. The summed E-state index contributed by atoms with van der Waals surface area (Å²) in [7, 11) is 0. The van der Waals surface area contributed by atoms with Crippen LogP contribution in [0.4, 0.5) is 17.5 Å². The number of hydrogen-bond donors (Lipinski definition) is 4. The van der Waals surface area contributed by atoms with Crippen molar-refractivity contribution in [3.05, 3.63) is 36.2 Å². The molecular formula is C19H25N7. The van der Waals surface area contributed by atoms with Gasteiger partial charge in [-0.15, -0.1) is 0 Å². The molecule has 3 aromatic heterocycles. The molecule has 1 fully saturated rings. The monoisotopic (exact) mass is 351 g/mol. The molecule has 0 saturated carbocycles. The van der Waals surface area contributed by atoms with Crippen molar-refractivity contribution in [3.63, 3.8) is 0 Å². The number of rotatable bonds is 4. The first-order chi connectivity index (χ1) is 12.6. The molecule has 0 aliphatic carbocycles. The van der Waals surface area contributed by atoms with Crippen LogP contribution in [0.5, 0.6) is 0 Å². The van der Waals surface area contributed by atoms with E-state index in [9.17, 15) is 0 Å². The van der Waals surface area contributed by atoms with Crippen molar-refractivity contribution < 1.29 is 0 Å². The maximum atomic E-state index is 4.81. The van der Waals surface area contributed by atoms with Crippen LogP contribution in [0.25, 0.3) is 10.9 Å². The van der Waals surface area contributed by atoms with Gasteiger partial charge < -0.3 is 16.0 Å². The second-order valence-corrected chi connectivity index (χ2v) is 7.27. The first kappa shape index (κ1) is 16.8. The van der Waals surface area contributed by atoms with Gasteiger partial charge in [0.1, 0.15) is 11.6 Å². The lowest BCUT2D eigenvalue weighted by molar-refractivity contribution is 0.329. The fourth-order valence-corrected chi connectivity index (χ4v) is 3.75. The van der Waals surface area contributed by atoms with Gasteiger partial charge in [-0.1, -0.05) is 0 Å². The highest BCUT2D eigenvalue weighted by atomic mass is 15.2. The van der Waals surface area contributed by atoms with Gasteiger partial charge >= 0.3 is 0 Å². The van der Waals surface area contributed by atoms with Gasteiger partial charge in [-0.25, -0.2) is 4.98 Å². The number of piperidine rings is 1. The maximum absolute atomic E-state index is 4.81. The van der Waals surface area contributed by atoms with Crippen LogP contribution in [0.1, 0.15) is 32.4 Å². The summed E-state index contributed by atoms with van der Waals surface area (Å²) in [6, 6.07) is 9.30. The third-order valence-electron chi connectivity index (χ3n) is 4.75. The number of hydrogen-bond acceptors (Lipinski definition) is 6. The Hall–Kier alpha value is -2.67. The van der Waals surface area contributed by atoms with Crippen LogP contribution < -0.4 is 16.0 Å². The summed E-state index contributed by atoms with van der Waals surface area (Å²) in [4.78, 5) is 9.32. The molecule has 3 aromatic rings. The normalized spacial score (nSPS) is 23.1. The molecule has 1 aliphatic rings. The number of nitrogens with zero attached hydrogens (tertiary/aromatic N) is 3. The molecule has 3 atom stereocenters. The minimum atomic E-state index is 0.389. The Morgan fingerprint density at radius 2 is 1.92 bits per heavy atom. The summed E-state index contributed by atoms with van der Waals surface area (Å²) in [5, 5.41) is 18.7. The topological polar surface area (TPSA) is 90.6 Å². The van der Waals surface area contributed by atoms with Gasteiger partial charge in [-0.3, -0.25) is 10.1 Å². The summed E-state index contributed by atoms with van der Waals surface area (Å²) in [5.74, 6) is 2.36. The molecule has 1 saturated heterocycles. The summed E-state index contributed by atoms with van der Waals surface area (Å²) in [6.07, 6.45) is 3.96. The third-order valence-corrected chi connectivity index (χ3v) is 4.75. The number of aromatic amines is 1. The summed E-state index contributed by atoms with van der Waals surface area (Å²) in [5.41, 5.74) is 1.91. The number of pyridine rings is 2. The van der Waals surface area contributed by atoms with Gasteiger partial charge in [0.05, 0.1) is 5.52 Å². The molecule has 1 aliphatic heterocycles. The maximum Gasteiger partial charge on any atom is 0.153 e. The number of anilines is 3. The van der Waals surface area contributed by atoms with Crippen molar-refractivity contribution in [2.45, 2.75) is 51.7 Å². The van der Waals surface area contributed by atoms with Crippen LogP contribution in [0.3, 0.4) is 0 Å². The zero-order valence-electron chi connectivity index (χ0n) is 15.4. The van der Waals surface area contributed by atoms with Crippen molar-refractivity contribution in [2.24, 2.45) is 0 Å². The van der Waals surface area contributed by atoms with Gasteiger partial charge in [0.15, 0.2) is 5.82 Å². The smallest absolute Gasteiger partial charge is 0.153 e. The van der Waals surface area contributed by atoms with Crippen LogP contribution in [0.15, 0.2) is 30.5 Å². The molecule has 7 heteroatoms. The average Bonchev–Trinajstić information content (AvgIpc) is 2.99. The lowest BCUT2D eigenvalue weighted by atomic mass is 9.95. The van der Waals surface area contributed by atoms with Crippen LogP contribution in [0, 0.1) is 6.92 Å². The van der Waals surface area contributed by atoms with E-state index in [1.807, 2.05) is 31.3 Å². The van der Waals surface area contributed by atoms with E-state index in [-0.39, 0.29) is 0 Å². The predicted octanol–water partition coefficient (Wildman–Crippen LogP) is 3.35. The van der Waals surface area contributed by atoms with Crippen LogP contribution >= 0.6 is 0 Å². The summed E-state index contributed by atoms with van der Waals surface area (Å²) in [6.45, 7) is 6.44. The SMILES string of the molecule is Cc1cc(Nc2cc3ncccc3c(NC3C[C@@H](C)N[C@@H](C)C3)n2)n[nH]1. The number of aromatic nitrogens is 4. The van der Waals surface area contributed by atoms with E-state index < -0.39 is 0 Å². The molecule has 1 unspecified atom stereocenters. The minimum absolute atomic E-state index is 0.389. The van der Waals surface area contributed by atoms with E-state index in [2.05, 4.69) is 51.0 Å². The first-order valence-corrected chi connectivity index (χ1v) is 9.14. The standard InChI is InChI=1S/C19H25N7/c1-11-7-14(8-12(2)21-11)22-19-15-5-4-6-20-16(15)10-17(24-19)23-18-9-13(3)25-26-18/h4-6,9-12,14,21H,7-8H2,1-3H3,(H3,22,23,24,25,26)/t11-,12+,14?. The Morgan fingerprint density at radius 3 is 2.65 bits per heavy atom. The second kappa shape index (κ2) is 6.92. The van der Waals surface area contributed by atoms with Crippen molar-refractivity contribution in [3.8, 4) is 0 Å². The number of fused-ring (bicyclic) bond motifs is 1. The molecule has 0 aromatic carbocycles. The Morgan fingerprint density at radius 1 is 1.12 bits per heavy atom. The summed E-state index contributed by atoms with van der Waals surface area (Å²) < 4.78 is 0. The summed E-state index contributed by atoms with van der Waals surface area (Å²) >= 11 is 0.